The van der Waals surface area contributed by atoms with E-state index in [0.717, 1.165) is 11.1 Å². The van der Waals surface area contributed by atoms with Crippen molar-refractivity contribution in [1.29, 1.82) is 0 Å². The highest BCUT2D eigenvalue weighted by Crippen LogP contribution is 2.42. The molecular formula is C22H28N4O6S2. The van der Waals surface area contributed by atoms with Crippen LogP contribution in [-0.4, -0.2) is 35.1 Å². The summed E-state index contributed by atoms with van der Waals surface area (Å²) in [6.07, 6.45) is 0.822. The number of hydrogen-bond acceptors (Lipinski definition) is 8. The standard InChI is InChI=1S/C22H28N4O6S2/c1-15-3-7-19(8-4-15)33(28,29)25-23-22(12-17-11-21(27)32-14-18(17)13-22)24-26-34(30,31)20-9-5-16(2)6-10-20/h3-10,17-18,23-26H,11-14H2,1-2H3/t17-,18-/m0/s1. The molecule has 4 rings (SSSR count). The maximum absolute atomic E-state index is 12.8. The van der Waals surface area contributed by atoms with Crippen molar-refractivity contribution in [1.82, 2.24) is 20.5 Å². The zero-order chi connectivity index (χ0) is 24.6. The molecule has 4 N–H and O–H groups in total. The van der Waals surface area contributed by atoms with Crippen LogP contribution in [0, 0.1) is 25.7 Å². The number of benzene rings is 2. The quantitative estimate of drug-likeness (QED) is 0.237. The maximum Gasteiger partial charge on any atom is 0.306 e. The van der Waals surface area contributed by atoms with Crippen molar-refractivity contribution in [2.45, 2.75) is 48.6 Å². The Labute approximate surface area is 199 Å². The lowest BCUT2D eigenvalue weighted by Gasteiger charge is -2.32. The third-order valence-corrected chi connectivity index (χ3v) is 8.81. The van der Waals surface area contributed by atoms with Gasteiger partial charge < -0.3 is 4.74 Å². The number of sulfonamides is 2. The topological polar surface area (TPSA) is 143 Å². The third-order valence-electron chi connectivity index (χ3n) is 6.29. The zero-order valence-electron chi connectivity index (χ0n) is 18.9. The van der Waals surface area contributed by atoms with Crippen LogP contribution in [0.1, 0.15) is 30.4 Å². The lowest BCUT2D eigenvalue weighted by molar-refractivity contribution is -0.151. The summed E-state index contributed by atoms with van der Waals surface area (Å²) in [5.41, 5.74) is 6.27. The van der Waals surface area contributed by atoms with Gasteiger partial charge in [-0.3, -0.25) is 4.79 Å². The van der Waals surface area contributed by atoms with E-state index in [1.807, 2.05) is 13.8 Å². The van der Waals surface area contributed by atoms with Crippen molar-refractivity contribution < 1.29 is 26.4 Å². The highest BCUT2D eigenvalue weighted by molar-refractivity contribution is 7.89. The van der Waals surface area contributed by atoms with Crippen molar-refractivity contribution in [3.63, 3.8) is 0 Å². The van der Waals surface area contributed by atoms with Crippen LogP contribution >= 0.6 is 0 Å². The molecule has 0 radical (unpaired) electrons. The summed E-state index contributed by atoms with van der Waals surface area (Å²) in [5, 5.41) is 0. The Balaban J connectivity index is 1.54. The first-order valence-corrected chi connectivity index (χ1v) is 13.8. The fraction of sp³-hybridized carbons (Fsp3) is 0.409. The second-order valence-electron chi connectivity index (χ2n) is 8.98. The average molecular weight is 509 g/mol. The van der Waals surface area contributed by atoms with Gasteiger partial charge in [0.1, 0.15) is 0 Å². The van der Waals surface area contributed by atoms with E-state index in [-0.39, 0.29) is 40.6 Å². The number of esters is 1. The van der Waals surface area contributed by atoms with Gasteiger partial charge in [0, 0.05) is 6.42 Å². The van der Waals surface area contributed by atoms with E-state index < -0.39 is 25.7 Å². The number of ether oxygens (including phenoxy) is 1. The highest BCUT2D eigenvalue weighted by Gasteiger charge is 2.49. The lowest BCUT2D eigenvalue weighted by Crippen LogP contribution is -2.65. The minimum atomic E-state index is -3.93. The van der Waals surface area contributed by atoms with E-state index in [1.54, 1.807) is 24.3 Å². The van der Waals surface area contributed by atoms with Gasteiger partial charge in [-0.25, -0.2) is 27.7 Å². The molecule has 0 unspecified atom stereocenters. The lowest BCUT2D eigenvalue weighted by atomic mass is 9.92. The molecule has 1 aliphatic heterocycles. The van der Waals surface area contributed by atoms with Gasteiger partial charge in [-0.2, -0.15) is 0 Å². The van der Waals surface area contributed by atoms with Crippen LogP contribution in [0.2, 0.25) is 0 Å². The summed E-state index contributed by atoms with van der Waals surface area (Å²) in [6.45, 7) is 3.90. The number of nitrogens with one attached hydrogen (secondary N) is 4. The second kappa shape index (κ2) is 9.36. The fourth-order valence-corrected chi connectivity index (χ4v) is 6.22. The molecule has 0 spiro atoms. The van der Waals surface area contributed by atoms with Gasteiger partial charge in [-0.05, 0) is 62.8 Å². The monoisotopic (exact) mass is 508 g/mol. The van der Waals surface area contributed by atoms with Crippen molar-refractivity contribution in [2.75, 3.05) is 6.61 Å². The molecule has 34 heavy (non-hydrogen) atoms. The van der Waals surface area contributed by atoms with Gasteiger partial charge in [0.2, 0.25) is 0 Å². The Kier molecular flexibility index (Phi) is 6.82. The first-order valence-electron chi connectivity index (χ1n) is 10.8. The number of rotatable bonds is 8. The predicted octanol–water partition coefficient (Wildman–Crippen LogP) is 1.24. The predicted molar refractivity (Wildman–Crippen MR) is 124 cm³/mol. The SMILES string of the molecule is Cc1ccc(S(=O)(=O)NNC2(NNS(=O)(=O)c3ccc(C)cc3)C[C@H]3COC(=O)C[C@H]3C2)cc1. The van der Waals surface area contributed by atoms with Gasteiger partial charge in [0.05, 0.1) is 22.1 Å². The number of fused-ring (bicyclic) bond motifs is 1. The van der Waals surface area contributed by atoms with E-state index in [4.69, 9.17) is 4.74 Å². The van der Waals surface area contributed by atoms with E-state index in [1.165, 1.54) is 24.3 Å². The number of carbonyl (C=O) groups excluding carboxylic acids is 1. The molecule has 0 amide bonds. The summed E-state index contributed by atoms with van der Waals surface area (Å²) < 4.78 is 56.5. The molecule has 0 aromatic heterocycles. The normalized spacial score (nSPS) is 22.2. The Morgan fingerprint density at radius 1 is 0.765 bits per heavy atom. The fourth-order valence-electron chi connectivity index (χ4n) is 4.34. The smallest absolute Gasteiger partial charge is 0.306 e. The first kappa shape index (κ1) is 24.8. The number of hydrogen-bond donors (Lipinski definition) is 4. The molecular weight excluding hydrogens is 480 g/mol. The van der Waals surface area contributed by atoms with Gasteiger partial charge in [0.15, 0.2) is 0 Å². The maximum atomic E-state index is 12.8. The van der Waals surface area contributed by atoms with E-state index in [0.29, 0.717) is 12.8 Å². The summed E-state index contributed by atoms with van der Waals surface area (Å²) in [4.78, 5) is 16.7. The van der Waals surface area contributed by atoms with Crippen LogP contribution in [-0.2, 0) is 29.6 Å². The Bertz CT molecular complexity index is 1180. The zero-order valence-corrected chi connectivity index (χ0v) is 20.5. The number of cyclic esters (lactones) is 1. The van der Waals surface area contributed by atoms with Crippen LogP contribution in [0.5, 0.6) is 0 Å². The summed E-state index contributed by atoms with van der Waals surface area (Å²) in [7, 11) is -7.87. The van der Waals surface area contributed by atoms with Crippen LogP contribution in [0.15, 0.2) is 58.3 Å². The Hall–Kier alpha value is -2.35. The molecule has 2 aromatic carbocycles. The van der Waals surface area contributed by atoms with Crippen molar-refractivity contribution >= 4 is 26.0 Å². The van der Waals surface area contributed by atoms with E-state index in [2.05, 4.69) is 20.5 Å². The molecule has 1 saturated carbocycles. The molecule has 0 bridgehead atoms. The summed E-state index contributed by atoms with van der Waals surface area (Å²) in [6, 6.07) is 12.7. The molecule has 1 heterocycles. The molecule has 10 nitrogen and oxygen atoms in total. The minimum Gasteiger partial charge on any atom is -0.465 e. The van der Waals surface area contributed by atoms with Crippen molar-refractivity contribution in [2.24, 2.45) is 11.8 Å². The second-order valence-corrected chi connectivity index (χ2v) is 12.3. The van der Waals surface area contributed by atoms with E-state index in [9.17, 15) is 21.6 Å². The van der Waals surface area contributed by atoms with Crippen LogP contribution in [0.3, 0.4) is 0 Å². The molecule has 184 valence electrons. The van der Waals surface area contributed by atoms with Crippen molar-refractivity contribution in [3.8, 4) is 0 Å². The largest absolute Gasteiger partial charge is 0.465 e. The molecule has 2 fully saturated rings. The number of carbonyl (C=O) groups is 1. The average Bonchev–Trinajstić information content (AvgIpc) is 3.15. The molecule has 1 aliphatic carbocycles. The van der Waals surface area contributed by atoms with Gasteiger partial charge >= 0.3 is 5.97 Å². The summed E-state index contributed by atoms with van der Waals surface area (Å²) >= 11 is 0. The minimum absolute atomic E-state index is 0.0505. The van der Waals surface area contributed by atoms with E-state index >= 15 is 0 Å². The molecule has 2 aliphatic rings. The van der Waals surface area contributed by atoms with Crippen LogP contribution in [0.25, 0.3) is 0 Å². The van der Waals surface area contributed by atoms with Gasteiger partial charge in [-0.15, -0.1) is 9.66 Å². The first-order chi connectivity index (χ1) is 16.0. The number of aryl methyl sites for hydroxylation is 2. The number of hydrazine groups is 2. The van der Waals surface area contributed by atoms with Crippen molar-refractivity contribution in [3.05, 3.63) is 59.7 Å². The van der Waals surface area contributed by atoms with Crippen LogP contribution in [0.4, 0.5) is 0 Å². The Morgan fingerprint density at radius 3 is 1.68 bits per heavy atom. The molecule has 12 heteroatoms. The van der Waals surface area contributed by atoms with Crippen LogP contribution < -0.4 is 20.5 Å². The molecule has 2 atom stereocenters. The van der Waals surface area contributed by atoms with Gasteiger partial charge in [-0.1, -0.05) is 35.4 Å². The molecule has 2 aromatic rings. The Morgan fingerprint density at radius 2 is 1.21 bits per heavy atom. The highest BCUT2D eigenvalue weighted by atomic mass is 32.2. The van der Waals surface area contributed by atoms with Gasteiger partial charge in [0.25, 0.3) is 20.0 Å². The summed E-state index contributed by atoms with van der Waals surface area (Å²) in [5.74, 6) is -0.461. The third kappa shape index (κ3) is 5.48. The molecule has 1 saturated heterocycles.